The van der Waals surface area contributed by atoms with Crippen molar-refractivity contribution in [3.63, 3.8) is 0 Å². The van der Waals surface area contributed by atoms with Gasteiger partial charge in [0.15, 0.2) is 0 Å². The van der Waals surface area contributed by atoms with E-state index in [0.717, 1.165) is 0 Å². The van der Waals surface area contributed by atoms with Crippen molar-refractivity contribution in [3.8, 4) is 0 Å². The second-order valence-corrected chi connectivity index (χ2v) is 10.7. The van der Waals surface area contributed by atoms with Crippen molar-refractivity contribution in [2.75, 3.05) is 0 Å². The summed E-state index contributed by atoms with van der Waals surface area (Å²) in [5.74, 6) is 0. The van der Waals surface area contributed by atoms with Crippen molar-refractivity contribution in [2.45, 2.75) is 59.7 Å². The van der Waals surface area contributed by atoms with Gasteiger partial charge in [-0.1, -0.05) is 73.9 Å². The molecule has 0 atom stereocenters. The Hall–Kier alpha value is -0.823. The summed E-state index contributed by atoms with van der Waals surface area (Å²) in [5.41, 5.74) is 8.34. The van der Waals surface area contributed by atoms with Crippen LogP contribution in [0.5, 0.6) is 0 Å². The van der Waals surface area contributed by atoms with E-state index in [-0.39, 0.29) is 0 Å². The molecule has 0 N–H and O–H groups in total. The van der Waals surface area contributed by atoms with Crippen LogP contribution in [-0.2, 0) is 0 Å². The summed E-state index contributed by atoms with van der Waals surface area (Å²) in [4.78, 5) is 0. The first-order chi connectivity index (χ1) is 8.48. The zero-order valence-electron chi connectivity index (χ0n) is 12.9. The Morgan fingerprint density at radius 2 is 1.61 bits per heavy atom. The summed E-state index contributed by atoms with van der Waals surface area (Å²) in [6.07, 6.45) is 0. The van der Waals surface area contributed by atoms with Crippen LogP contribution in [0, 0.1) is 13.8 Å². The topological polar surface area (TPSA) is 0 Å². The van der Waals surface area contributed by atoms with Crippen molar-refractivity contribution in [1.82, 2.24) is 0 Å². The zero-order chi connectivity index (χ0) is 13.8. The third kappa shape index (κ3) is 3.35. The summed E-state index contributed by atoms with van der Waals surface area (Å²) >= 11 is 0. The Balaban J connectivity index is 3.15. The van der Waals surface area contributed by atoms with Crippen LogP contribution in [0.25, 0.3) is 5.57 Å². The highest BCUT2D eigenvalue weighted by Gasteiger charge is 2.24. The number of benzene rings is 1. The number of hydrogen-bond acceptors (Lipinski definition) is 0. The molecule has 0 saturated carbocycles. The van der Waals surface area contributed by atoms with Crippen LogP contribution in [0.1, 0.15) is 44.4 Å². The van der Waals surface area contributed by atoms with Gasteiger partial charge in [0.1, 0.15) is 0 Å². The van der Waals surface area contributed by atoms with E-state index in [1.807, 2.05) is 0 Å². The van der Waals surface area contributed by atoms with Gasteiger partial charge in [0, 0.05) is 0 Å². The van der Waals surface area contributed by atoms with Crippen molar-refractivity contribution >= 4 is 13.6 Å². The lowest BCUT2D eigenvalue weighted by Gasteiger charge is -2.25. The largest absolute Gasteiger partial charge is 0.0908 e. The Bertz CT molecular complexity index is 417. The van der Waals surface area contributed by atoms with E-state index in [4.69, 9.17) is 0 Å². The van der Waals surface area contributed by atoms with Gasteiger partial charge in [-0.2, -0.15) is 0 Å². The molecule has 1 aromatic carbocycles. The van der Waals surface area contributed by atoms with Gasteiger partial charge in [-0.3, -0.25) is 0 Å². The molecule has 18 heavy (non-hydrogen) atoms. The van der Waals surface area contributed by atoms with Gasteiger partial charge < -0.3 is 0 Å². The van der Waals surface area contributed by atoms with Gasteiger partial charge in [-0.15, -0.1) is 0 Å². The Kier molecular flexibility index (Phi) is 5.40. The zero-order valence-corrected chi connectivity index (χ0v) is 13.9. The molecular weight excluding hydrogens is 232 g/mol. The molecular formula is C17H28Si. The Morgan fingerprint density at radius 1 is 1.06 bits per heavy atom. The second kappa shape index (κ2) is 6.37. The van der Waals surface area contributed by atoms with Crippen molar-refractivity contribution in [3.05, 3.63) is 40.6 Å². The predicted octanol–water partition coefficient (Wildman–Crippen LogP) is 5.75. The summed E-state index contributed by atoms with van der Waals surface area (Å²) in [7, 11) is -1.16. The maximum Gasteiger partial charge on any atom is 0.0773 e. The number of allylic oxidation sites excluding steroid dienone is 1. The highest BCUT2D eigenvalue weighted by Crippen LogP contribution is 2.28. The van der Waals surface area contributed by atoms with E-state index >= 15 is 0 Å². The van der Waals surface area contributed by atoms with Gasteiger partial charge in [0.25, 0.3) is 0 Å². The first kappa shape index (κ1) is 15.2. The van der Waals surface area contributed by atoms with Crippen LogP contribution in [0.3, 0.4) is 0 Å². The van der Waals surface area contributed by atoms with E-state index in [2.05, 4.69) is 65.4 Å². The number of aryl methyl sites for hydroxylation is 2. The van der Waals surface area contributed by atoms with Crippen LogP contribution in [0.4, 0.5) is 0 Å². The molecule has 0 radical (unpaired) electrons. The van der Waals surface area contributed by atoms with E-state index < -0.39 is 8.07 Å². The number of hydrogen-bond donors (Lipinski definition) is 0. The SMILES string of the molecule is CC[Si](/C=C(\C)c1ccc(C)cc1C)(CC)CC. The van der Waals surface area contributed by atoms with Crippen molar-refractivity contribution in [1.29, 1.82) is 0 Å². The second-order valence-electron chi connectivity index (χ2n) is 5.57. The lowest BCUT2D eigenvalue weighted by molar-refractivity contribution is 1.19. The summed E-state index contributed by atoms with van der Waals surface area (Å²) < 4.78 is 0. The molecule has 0 aromatic heterocycles. The monoisotopic (exact) mass is 260 g/mol. The minimum atomic E-state index is -1.16. The average Bonchev–Trinajstić information content (AvgIpc) is 2.36. The first-order valence-electron chi connectivity index (χ1n) is 7.25. The molecule has 0 unspecified atom stereocenters. The summed E-state index contributed by atoms with van der Waals surface area (Å²) in [6.45, 7) is 13.8. The van der Waals surface area contributed by atoms with E-state index in [1.54, 1.807) is 0 Å². The first-order valence-corrected chi connectivity index (χ1v) is 9.95. The number of rotatable bonds is 5. The van der Waals surface area contributed by atoms with Crippen LogP contribution in [0.2, 0.25) is 18.1 Å². The highest BCUT2D eigenvalue weighted by atomic mass is 28.3. The Morgan fingerprint density at radius 3 is 2.06 bits per heavy atom. The van der Waals surface area contributed by atoms with Crippen molar-refractivity contribution < 1.29 is 0 Å². The molecule has 1 aromatic rings. The van der Waals surface area contributed by atoms with Gasteiger partial charge in [0.05, 0.1) is 8.07 Å². The molecule has 0 fully saturated rings. The molecule has 0 saturated heterocycles. The maximum atomic E-state index is 2.64. The molecule has 100 valence electrons. The lowest BCUT2D eigenvalue weighted by Crippen LogP contribution is -2.29. The van der Waals surface area contributed by atoms with Crippen LogP contribution < -0.4 is 0 Å². The summed E-state index contributed by atoms with van der Waals surface area (Å²) in [5, 5.41) is 0. The van der Waals surface area contributed by atoms with Crippen LogP contribution >= 0.6 is 0 Å². The van der Waals surface area contributed by atoms with E-state index in [1.165, 1.54) is 40.4 Å². The third-order valence-corrected chi connectivity index (χ3v) is 9.71. The molecule has 0 spiro atoms. The molecule has 0 nitrogen and oxygen atoms in total. The molecule has 0 aliphatic carbocycles. The Labute approximate surface area is 114 Å². The fourth-order valence-corrected chi connectivity index (χ4v) is 6.04. The standard InChI is InChI=1S/C17H28Si/c1-7-18(8-2,9-3)13-16(6)17-11-10-14(4)12-15(17)5/h10-13H,7-9H2,1-6H3/b16-13+. The summed E-state index contributed by atoms with van der Waals surface area (Å²) in [6, 6.07) is 10.9. The quantitative estimate of drug-likeness (QED) is 0.591. The average molecular weight is 260 g/mol. The molecule has 1 heteroatoms. The minimum Gasteiger partial charge on any atom is -0.0908 e. The third-order valence-electron chi connectivity index (χ3n) is 4.44. The van der Waals surface area contributed by atoms with Gasteiger partial charge >= 0.3 is 0 Å². The van der Waals surface area contributed by atoms with E-state index in [0.29, 0.717) is 0 Å². The molecule has 1 rings (SSSR count). The van der Waals surface area contributed by atoms with E-state index in [9.17, 15) is 0 Å². The van der Waals surface area contributed by atoms with Crippen LogP contribution in [-0.4, -0.2) is 8.07 Å². The lowest BCUT2D eigenvalue weighted by atomic mass is 10.0. The molecule has 0 heterocycles. The molecule has 0 amide bonds. The molecule has 0 bridgehead atoms. The molecule has 0 aliphatic heterocycles. The fraction of sp³-hybridized carbons (Fsp3) is 0.529. The van der Waals surface area contributed by atoms with Gasteiger partial charge in [-0.25, -0.2) is 0 Å². The van der Waals surface area contributed by atoms with Crippen molar-refractivity contribution in [2.24, 2.45) is 0 Å². The van der Waals surface area contributed by atoms with Gasteiger partial charge in [0.2, 0.25) is 0 Å². The smallest absolute Gasteiger partial charge is 0.0773 e. The normalized spacial score (nSPS) is 12.9. The van der Waals surface area contributed by atoms with Gasteiger partial charge in [-0.05, 0) is 31.9 Å². The highest BCUT2D eigenvalue weighted by molar-refractivity contribution is 6.85. The van der Waals surface area contributed by atoms with Crippen LogP contribution in [0.15, 0.2) is 23.9 Å². The minimum absolute atomic E-state index is 1.16. The predicted molar refractivity (Wildman–Crippen MR) is 86.8 cm³/mol. The fourth-order valence-electron chi connectivity index (χ4n) is 2.85. The molecule has 0 aliphatic rings. The maximum absolute atomic E-state index is 2.64.